The molecule has 0 saturated carbocycles. The van der Waals surface area contributed by atoms with Gasteiger partial charge in [0.05, 0.1) is 5.41 Å². The van der Waals surface area contributed by atoms with Gasteiger partial charge in [0, 0.05) is 19.8 Å². The van der Waals surface area contributed by atoms with Gasteiger partial charge >= 0.3 is 5.97 Å². The molecule has 2 N–H and O–H groups in total. The lowest BCUT2D eigenvalue weighted by molar-refractivity contribution is -0.155. The van der Waals surface area contributed by atoms with Crippen LogP contribution in [0, 0.1) is 11.2 Å². The van der Waals surface area contributed by atoms with Crippen molar-refractivity contribution in [3.8, 4) is 5.75 Å². The number of hydrogen-bond donors (Lipinski definition) is 2. The monoisotopic (exact) mass is 325 g/mol. The maximum atomic E-state index is 13.5. The number of halogens is 1. The van der Waals surface area contributed by atoms with E-state index in [9.17, 15) is 19.1 Å². The van der Waals surface area contributed by atoms with Crippen molar-refractivity contribution in [2.75, 3.05) is 19.8 Å². The lowest BCUT2D eigenvalue weighted by Gasteiger charge is -2.33. The summed E-state index contributed by atoms with van der Waals surface area (Å²) in [4.78, 5) is 23.6. The van der Waals surface area contributed by atoms with Crippen LogP contribution in [0.4, 0.5) is 4.39 Å². The highest BCUT2D eigenvalue weighted by Crippen LogP contribution is 2.30. The number of carbonyl (C=O) groups excluding carboxylic acids is 1. The fourth-order valence-corrected chi connectivity index (χ4v) is 2.41. The summed E-state index contributed by atoms with van der Waals surface area (Å²) in [7, 11) is 0. The predicted octanol–water partition coefficient (Wildman–Crippen LogP) is 1.59. The third-order valence-corrected chi connectivity index (χ3v) is 4.01. The molecule has 1 saturated heterocycles. The smallest absolute Gasteiger partial charge is 0.311 e. The van der Waals surface area contributed by atoms with E-state index in [1.54, 1.807) is 6.07 Å². The summed E-state index contributed by atoms with van der Waals surface area (Å²) in [6, 6.07) is 5.79. The molecule has 0 aliphatic carbocycles. The van der Waals surface area contributed by atoms with Crippen molar-refractivity contribution in [3.05, 3.63) is 30.1 Å². The van der Waals surface area contributed by atoms with Gasteiger partial charge in [-0.15, -0.1) is 0 Å². The first-order chi connectivity index (χ1) is 10.9. The predicted molar refractivity (Wildman–Crippen MR) is 79.6 cm³/mol. The second-order valence-electron chi connectivity index (χ2n) is 5.61. The lowest BCUT2D eigenvalue weighted by Crippen LogP contribution is -2.49. The largest absolute Gasteiger partial charge is 0.481 e. The number of hydrogen-bond acceptors (Lipinski definition) is 4. The van der Waals surface area contributed by atoms with Gasteiger partial charge in [-0.25, -0.2) is 4.39 Å². The second kappa shape index (κ2) is 7.41. The first-order valence-corrected chi connectivity index (χ1v) is 7.45. The molecular formula is C16H20FNO5. The molecule has 0 spiro atoms. The summed E-state index contributed by atoms with van der Waals surface area (Å²) in [6.07, 6.45) is -0.256. The molecule has 1 aliphatic heterocycles. The maximum Gasteiger partial charge on any atom is 0.311 e. The van der Waals surface area contributed by atoms with Crippen LogP contribution in [0.2, 0.25) is 0 Å². The van der Waals surface area contributed by atoms with Gasteiger partial charge in [-0.05, 0) is 31.9 Å². The van der Waals surface area contributed by atoms with Crippen molar-refractivity contribution in [2.24, 2.45) is 5.41 Å². The molecule has 1 atom stereocenters. The molecule has 0 bridgehead atoms. The standard InChI is InChI=1S/C16H20FNO5/c1-11(23-13-5-3-2-4-12(13)17)14(19)18-10-16(15(20)21)6-8-22-9-7-16/h2-5,11H,6-10H2,1H3,(H,18,19)(H,20,21). The Bertz CT molecular complexity index is 571. The van der Waals surface area contributed by atoms with Crippen LogP contribution in [-0.2, 0) is 14.3 Å². The number of carboxylic acids is 1. The zero-order chi connectivity index (χ0) is 16.9. The third-order valence-electron chi connectivity index (χ3n) is 4.01. The van der Waals surface area contributed by atoms with Crippen LogP contribution in [0.1, 0.15) is 19.8 Å². The van der Waals surface area contributed by atoms with E-state index in [0.29, 0.717) is 26.1 Å². The van der Waals surface area contributed by atoms with E-state index in [0.717, 1.165) is 0 Å². The van der Waals surface area contributed by atoms with E-state index in [4.69, 9.17) is 9.47 Å². The molecule has 1 aromatic carbocycles. The summed E-state index contributed by atoms with van der Waals surface area (Å²) < 4.78 is 24.0. The Morgan fingerprint density at radius 1 is 1.39 bits per heavy atom. The fourth-order valence-electron chi connectivity index (χ4n) is 2.41. The molecule has 6 nitrogen and oxygen atoms in total. The zero-order valence-corrected chi connectivity index (χ0v) is 12.9. The van der Waals surface area contributed by atoms with E-state index in [2.05, 4.69) is 5.32 Å². The number of benzene rings is 1. The van der Waals surface area contributed by atoms with E-state index >= 15 is 0 Å². The van der Waals surface area contributed by atoms with Crippen molar-refractivity contribution >= 4 is 11.9 Å². The summed E-state index contributed by atoms with van der Waals surface area (Å²) in [6.45, 7) is 2.18. The average molecular weight is 325 g/mol. The number of aliphatic carboxylic acids is 1. The molecule has 0 aromatic heterocycles. The Kier molecular flexibility index (Phi) is 5.54. The van der Waals surface area contributed by atoms with Crippen molar-refractivity contribution in [1.29, 1.82) is 0 Å². The van der Waals surface area contributed by atoms with Crippen LogP contribution in [0.5, 0.6) is 5.75 Å². The van der Waals surface area contributed by atoms with Crippen LogP contribution in [0.15, 0.2) is 24.3 Å². The first-order valence-electron chi connectivity index (χ1n) is 7.45. The van der Waals surface area contributed by atoms with Gasteiger partial charge in [-0.3, -0.25) is 9.59 Å². The molecule has 1 aliphatic rings. The normalized spacial score (nSPS) is 18.0. The van der Waals surface area contributed by atoms with Crippen LogP contribution >= 0.6 is 0 Å². The zero-order valence-electron chi connectivity index (χ0n) is 12.9. The summed E-state index contributed by atoms with van der Waals surface area (Å²) in [5, 5.41) is 12.0. The Morgan fingerprint density at radius 3 is 2.65 bits per heavy atom. The number of carboxylic acid groups (broad SMARTS) is 1. The Morgan fingerprint density at radius 2 is 2.04 bits per heavy atom. The van der Waals surface area contributed by atoms with Crippen molar-refractivity contribution in [2.45, 2.75) is 25.9 Å². The Balaban J connectivity index is 1.93. The molecule has 1 aromatic rings. The minimum absolute atomic E-state index is 0.00447. The minimum atomic E-state index is -1.02. The van der Waals surface area contributed by atoms with Crippen molar-refractivity contribution in [1.82, 2.24) is 5.32 Å². The van der Waals surface area contributed by atoms with Gasteiger partial charge in [-0.1, -0.05) is 12.1 Å². The number of rotatable bonds is 6. The minimum Gasteiger partial charge on any atom is -0.481 e. The van der Waals surface area contributed by atoms with Gasteiger partial charge in [0.2, 0.25) is 0 Å². The van der Waals surface area contributed by atoms with Crippen LogP contribution < -0.4 is 10.1 Å². The highest BCUT2D eigenvalue weighted by atomic mass is 19.1. The van der Waals surface area contributed by atoms with Gasteiger partial charge < -0.3 is 19.9 Å². The molecule has 1 unspecified atom stereocenters. The van der Waals surface area contributed by atoms with E-state index in [1.165, 1.54) is 25.1 Å². The highest BCUT2D eigenvalue weighted by Gasteiger charge is 2.40. The van der Waals surface area contributed by atoms with E-state index in [-0.39, 0.29) is 12.3 Å². The van der Waals surface area contributed by atoms with E-state index < -0.39 is 29.2 Å². The van der Waals surface area contributed by atoms with Crippen LogP contribution in [0.25, 0.3) is 0 Å². The number of carbonyl (C=O) groups is 2. The Labute approximate surface area is 133 Å². The van der Waals surface area contributed by atoms with E-state index in [1.807, 2.05) is 0 Å². The fraction of sp³-hybridized carbons (Fsp3) is 0.500. The second-order valence-corrected chi connectivity index (χ2v) is 5.61. The highest BCUT2D eigenvalue weighted by molar-refractivity contribution is 5.82. The molecule has 1 fully saturated rings. The SMILES string of the molecule is CC(Oc1ccccc1F)C(=O)NCC1(C(=O)O)CCOCC1. The van der Waals surface area contributed by atoms with Gasteiger partial charge in [0.1, 0.15) is 0 Å². The summed E-state index contributed by atoms with van der Waals surface area (Å²) in [5.74, 6) is -2.02. The number of nitrogens with one attached hydrogen (secondary N) is 1. The molecule has 126 valence electrons. The van der Waals surface area contributed by atoms with Gasteiger partial charge in [0.15, 0.2) is 17.7 Å². The van der Waals surface area contributed by atoms with Crippen molar-refractivity contribution in [3.63, 3.8) is 0 Å². The quantitative estimate of drug-likeness (QED) is 0.830. The van der Waals surface area contributed by atoms with Crippen LogP contribution in [-0.4, -0.2) is 42.8 Å². The topological polar surface area (TPSA) is 84.9 Å². The molecule has 2 rings (SSSR count). The number of ether oxygens (including phenoxy) is 2. The molecule has 23 heavy (non-hydrogen) atoms. The summed E-state index contributed by atoms with van der Waals surface area (Å²) >= 11 is 0. The van der Waals surface area contributed by atoms with Crippen LogP contribution in [0.3, 0.4) is 0 Å². The number of para-hydroxylation sites is 1. The molecule has 0 radical (unpaired) electrons. The maximum absolute atomic E-state index is 13.5. The third kappa shape index (κ3) is 4.19. The molecular weight excluding hydrogens is 305 g/mol. The molecule has 7 heteroatoms. The Hall–Kier alpha value is -2.15. The molecule has 1 amide bonds. The average Bonchev–Trinajstić information content (AvgIpc) is 2.55. The van der Waals surface area contributed by atoms with Gasteiger partial charge in [0.25, 0.3) is 5.91 Å². The van der Waals surface area contributed by atoms with Crippen molar-refractivity contribution < 1.29 is 28.6 Å². The first kappa shape index (κ1) is 17.2. The lowest BCUT2D eigenvalue weighted by atomic mass is 9.80. The summed E-state index contributed by atoms with van der Waals surface area (Å²) in [5.41, 5.74) is -1.02. The molecule has 1 heterocycles. The van der Waals surface area contributed by atoms with Gasteiger partial charge in [-0.2, -0.15) is 0 Å². The number of amides is 1.